The Bertz CT molecular complexity index is 460. The van der Waals surface area contributed by atoms with Gasteiger partial charge < -0.3 is 10.7 Å². The van der Waals surface area contributed by atoms with E-state index in [9.17, 15) is 14.9 Å². The number of carbonyl (C=O) groups is 1. The van der Waals surface area contributed by atoms with E-state index < -0.39 is 4.92 Å². The first-order valence-corrected chi connectivity index (χ1v) is 5.49. The van der Waals surface area contributed by atoms with Crippen LogP contribution in [-0.4, -0.2) is 17.4 Å². The number of carbonyl (C=O) groups excluding carboxylic acids is 1. The summed E-state index contributed by atoms with van der Waals surface area (Å²) < 4.78 is 0. The maximum Gasteiger partial charge on any atom is 0.293 e. The van der Waals surface area contributed by atoms with Crippen LogP contribution in [0.1, 0.15) is 24.2 Å². The Kier molecular flexibility index (Phi) is 4.61. The third kappa shape index (κ3) is 3.42. The molecule has 0 atom stereocenters. The third-order valence-electron chi connectivity index (χ3n) is 2.28. The summed E-state index contributed by atoms with van der Waals surface area (Å²) in [5.41, 5.74) is 2.48. The number of nitrogen functional groups attached to an aromatic ring is 1. The normalized spacial score (nSPS) is 10.2. The number of hydrogen-bond acceptors (Lipinski definition) is 5. The maximum absolute atomic E-state index is 11.7. The van der Waals surface area contributed by atoms with E-state index in [0.29, 0.717) is 18.0 Å². The van der Waals surface area contributed by atoms with Crippen molar-refractivity contribution >= 4 is 17.3 Å². The van der Waals surface area contributed by atoms with Crippen LogP contribution < -0.4 is 16.6 Å². The van der Waals surface area contributed by atoms with E-state index in [1.165, 1.54) is 18.2 Å². The molecule has 0 aliphatic heterocycles. The Morgan fingerprint density at radius 3 is 2.67 bits per heavy atom. The van der Waals surface area contributed by atoms with Gasteiger partial charge in [0, 0.05) is 18.2 Å². The molecule has 0 radical (unpaired) electrons. The number of hydrazine groups is 1. The average Bonchev–Trinajstić information content (AvgIpc) is 2.34. The summed E-state index contributed by atoms with van der Waals surface area (Å²) >= 11 is 0. The molecule has 98 valence electrons. The largest absolute Gasteiger partial charge is 0.352 e. The fourth-order valence-corrected chi connectivity index (χ4v) is 1.35. The highest BCUT2D eigenvalue weighted by molar-refractivity contribution is 5.95. The molecule has 0 unspecified atom stereocenters. The number of nitrogens with zero attached hydrogens (tertiary/aromatic N) is 1. The number of anilines is 1. The van der Waals surface area contributed by atoms with Gasteiger partial charge in [0.05, 0.1) is 4.92 Å². The predicted molar refractivity (Wildman–Crippen MR) is 68.1 cm³/mol. The molecule has 7 heteroatoms. The highest BCUT2D eigenvalue weighted by Crippen LogP contribution is 2.24. The molecule has 0 heterocycles. The first-order chi connectivity index (χ1) is 8.45. The van der Waals surface area contributed by atoms with Gasteiger partial charge in [0.1, 0.15) is 5.69 Å². The summed E-state index contributed by atoms with van der Waals surface area (Å²) in [7, 11) is 0. The van der Waals surface area contributed by atoms with Crippen molar-refractivity contribution in [1.29, 1.82) is 0 Å². The first-order valence-electron chi connectivity index (χ1n) is 5.49. The molecule has 1 aromatic carbocycles. The van der Waals surface area contributed by atoms with Crippen LogP contribution in [0.5, 0.6) is 0 Å². The minimum atomic E-state index is -0.564. The molecule has 0 saturated heterocycles. The van der Waals surface area contributed by atoms with Crippen LogP contribution >= 0.6 is 0 Å². The number of nitro benzene ring substituents is 1. The molecule has 4 N–H and O–H groups in total. The van der Waals surface area contributed by atoms with Gasteiger partial charge in [-0.05, 0) is 18.1 Å². The van der Waals surface area contributed by atoms with E-state index >= 15 is 0 Å². The maximum atomic E-state index is 11.7. The van der Waals surface area contributed by atoms with E-state index in [4.69, 9.17) is 5.84 Å². The third-order valence-corrected chi connectivity index (χ3v) is 2.28. The molecule has 0 aliphatic rings. The predicted octanol–water partition coefficient (Wildman–Crippen LogP) is 1.27. The quantitative estimate of drug-likeness (QED) is 0.415. The van der Waals surface area contributed by atoms with Gasteiger partial charge in [-0.15, -0.1) is 0 Å². The summed E-state index contributed by atoms with van der Waals surface area (Å²) in [6, 6.07) is 4.00. The van der Waals surface area contributed by atoms with Gasteiger partial charge in [-0.2, -0.15) is 0 Å². The zero-order valence-electron chi connectivity index (χ0n) is 10.3. The average molecular weight is 252 g/mol. The highest BCUT2D eigenvalue weighted by Gasteiger charge is 2.16. The Labute approximate surface area is 104 Å². The van der Waals surface area contributed by atoms with E-state index in [1.807, 2.05) is 13.8 Å². The number of nitro groups is 1. The summed E-state index contributed by atoms with van der Waals surface area (Å²) in [6.45, 7) is 4.49. The Hall–Kier alpha value is -2.15. The number of nitrogens with two attached hydrogens (primary N) is 1. The van der Waals surface area contributed by atoms with Crippen molar-refractivity contribution in [3.05, 3.63) is 33.9 Å². The fourth-order valence-electron chi connectivity index (χ4n) is 1.35. The summed E-state index contributed by atoms with van der Waals surface area (Å²) in [6.07, 6.45) is 0. The first kappa shape index (κ1) is 13.9. The molecule has 0 bridgehead atoms. The molecule has 7 nitrogen and oxygen atoms in total. The zero-order valence-corrected chi connectivity index (χ0v) is 10.3. The van der Waals surface area contributed by atoms with Gasteiger partial charge in [-0.25, -0.2) is 0 Å². The molecule has 0 aliphatic carbocycles. The topological polar surface area (TPSA) is 110 Å². The highest BCUT2D eigenvalue weighted by atomic mass is 16.6. The molecular formula is C11H16N4O3. The van der Waals surface area contributed by atoms with E-state index in [-0.39, 0.29) is 17.3 Å². The smallest absolute Gasteiger partial charge is 0.293 e. The van der Waals surface area contributed by atoms with E-state index in [1.54, 1.807) is 0 Å². The Morgan fingerprint density at radius 1 is 1.50 bits per heavy atom. The number of nitrogens with one attached hydrogen (secondary N) is 2. The second kappa shape index (κ2) is 5.97. The minimum absolute atomic E-state index is 0.109. The van der Waals surface area contributed by atoms with Crippen molar-refractivity contribution in [3.63, 3.8) is 0 Å². The molecule has 1 aromatic rings. The second-order valence-corrected chi connectivity index (χ2v) is 4.24. The van der Waals surface area contributed by atoms with Gasteiger partial charge >= 0.3 is 0 Å². The standard InChI is InChI=1S/C11H16N4O3/c1-7(2)6-13-11(16)8-3-4-10(15(17)18)9(5-8)14-12/h3-5,7,14H,6,12H2,1-2H3,(H,13,16). The number of benzene rings is 1. The fraction of sp³-hybridized carbons (Fsp3) is 0.364. The Balaban J connectivity index is 2.91. The van der Waals surface area contributed by atoms with E-state index in [0.717, 1.165) is 0 Å². The lowest BCUT2D eigenvalue weighted by molar-refractivity contribution is -0.384. The van der Waals surface area contributed by atoms with E-state index in [2.05, 4.69) is 10.7 Å². The van der Waals surface area contributed by atoms with Crippen molar-refractivity contribution in [2.45, 2.75) is 13.8 Å². The molecule has 0 aromatic heterocycles. The van der Waals surface area contributed by atoms with Gasteiger partial charge in [-0.1, -0.05) is 13.8 Å². The van der Waals surface area contributed by atoms with Crippen LogP contribution in [-0.2, 0) is 0 Å². The molecule has 0 spiro atoms. The van der Waals surface area contributed by atoms with Crippen LogP contribution in [0.3, 0.4) is 0 Å². The van der Waals surface area contributed by atoms with Crippen molar-refractivity contribution < 1.29 is 9.72 Å². The molecular weight excluding hydrogens is 236 g/mol. The summed E-state index contributed by atoms with van der Waals surface area (Å²) in [4.78, 5) is 21.9. The monoisotopic (exact) mass is 252 g/mol. The van der Waals surface area contributed by atoms with Crippen LogP contribution in [0.25, 0.3) is 0 Å². The van der Waals surface area contributed by atoms with Gasteiger partial charge in [-0.3, -0.25) is 20.8 Å². The second-order valence-electron chi connectivity index (χ2n) is 4.24. The SMILES string of the molecule is CC(C)CNC(=O)c1ccc([N+](=O)[O-])c(NN)c1. The lowest BCUT2D eigenvalue weighted by atomic mass is 10.1. The van der Waals surface area contributed by atoms with Gasteiger partial charge in [0.25, 0.3) is 11.6 Å². The van der Waals surface area contributed by atoms with Crippen molar-refractivity contribution in [1.82, 2.24) is 5.32 Å². The van der Waals surface area contributed by atoms with Crippen molar-refractivity contribution in [2.75, 3.05) is 12.0 Å². The number of rotatable bonds is 5. The summed E-state index contributed by atoms with van der Waals surface area (Å²) in [5.74, 6) is 5.24. The molecule has 1 rings (SSSR count). The van der Waals surface area contributed by atoms with Gasteiger partial charge in [0.15, 0.2) is 0 Å². The lowest BCUT2D eigenvalue weighted by Gasteiger charge is -2.09. The molecule has 0 fully saturated rings. The zero-order chi connectivity index (χ0) is 13.7. The van der Waals surface area contributed by atoms with Crippen LogP contribution in [0, 0.1) is 16.0 Å². The van der Waals surface area contributed by atoms with Crippen LogP contribution in [0.15, 0.2) is 18.2 Å². The minimum Gasteiger partial charge on any atom is -0.352 e. The number of hydrogen-bond donors (Lipinski definition) is 3. The van der Waals surface area contributed by atoms with Crippen molar-refractivity contribution in [2.24, 2.45) is 11.8 Å². The molecule has 0 saturated carbocycles. The molecule has 18 heavy (non-hydrogen) atoms. The number of amides is 1. The van der Waals surface area contributed by atoms with Crippen molar-refractivity contribution in [3.8, 4) is 0 Å². The Morgan fingerprint density at radius 2 is 2.17 bits per heavy atom. The van der Waals surface area contributed by atoms with Gasteiger partial charge in [0.2, 0.25) is 0 Å². The molecule has 1 amide bonds. The lowest BCUT2D eigenvalue weighted by Crippen LogP contribution is -2.27. The van der Waals surface area contributed by atoms with Crippen LogP contribution in [0.2, 0.25) is 0 Å². The van der Waals surface area contributed by atoms with Crippen LogP contribution in [0.4, 0.5) is 11.4 Å². The summed E-state index contributed by atoms with van der Waals surface area (Å²) in [5, 5.41) is 13.4.